The molecule has 1 saturated heterocycles. The van der Waals surface area contributed by atoms with Crippen molar-refractivity contribution >= 4 is 18.3 Å². The number of nitrogens with zero attached hydrogens (tertiary/aromatic N) is 2. The Labute approximate surface area is 186 Å². The summed E-state index contributed by atoms with van der Waals surface area (Å²) in [5.74, 6) is 0.343. The maximum Gasteiger partial charge on any atom is 0.251 e. The average Bonchev–Trinajstić information content (AvgIpc) is 3.15. The van der Waals surface area contributed by atoms with Crippen LogP contribution in [-0.2, 0) is 6.54 Å². The molecule has 6 nitrogen and oxygen atoms in total. The molecule has 0 radical (unpaired) electrons. The summed E-state index contributed by atoms with van der Waals surface area (Å²) in [7, 11) is 0. The molecule has 1 fully saturated rings. The summed E-state index contributed by atoms with van der Waals surface area (Å²) < 4.78 is 21.5. The first-order valence-electron chi connectivity index (χ1n) is 10.2. The lowest BCUT2D eigenvalue weighted by atomic mass is 9.86. The molecule has 0 bridgehead atoms. The van der Waals surface area contributed by atoms with Crippen molar-refractivity contribution in [3.05, 3.63) is 71.7 Å². The Kier molecular flexibility index (Phi) is 6.25. The summed E-state index contributed by atoms with van der Waals surface area (Å²) in [5, 5.41) is 10.8. The molecule has 0 saturated carbocycles. The number of piperidine rings is 1. The summed E-state index contributed by atoms with van der Waals surface area (Å²) in [6.07, 6.45) is 2.61. The maximum absolute atomic E-state index is 13.7. The Morgan fingerprint density at radius 3 is 3.00 bits per heavy atom. The van der Waals surface area contributed by atoms with Crippen molar-refractivity contribution in [1.82, 2.24) is 20.4 Å². The van der Waals surface area contributed by atoms with E-state index in [0.717, 1.165) is 29.8 Å². The zero-order valence-electron chi connectivity index (χ0n) is 16.9. The van der Waals surface area contributed by atoms with Crippen LogP contribution >= 0.6 is 12.4 Å². The lowest BCUT2D eigenvalue weighted by Gasteiger charge is -2.33. The van der Waals surface area contributed by atoms with E-state index in [1.54, 1.807) is 24.4 Å². The van der Waals surface area contributed by atoms with E-state index in [4.69, 9.17) is 4.74 Å². The van der Waals surface area contributed by atoms with Crippen molar-refractivity contribution < 1.29 is 13.9 Å². The number of hydrogen-bond donors (Lipinski definition) is 2. The van der Waals surface area contributed by atoms with Crippen LogP contribution in [0.2, 0.25) is 0 Å². The lowest BCUT2D eigenvalue weighted by molar-refractivity contribution is 0.0924. The molecule has 0 unspecified atom stereocenters. The van der Waals surface area contributed by atoms with Crippen LogP contribution in [0.15, 0.2) is 54.7 Å². The first kappa shape index (κ1) is 21.3. The molecule has 2 aliphatic heterocycles. The monoisotopic (exact) mass is 442 g/mol. The Morgan fingerprint density at radius 2 is 2.13 bits per heavy atom. The molecule has 2 N–H and O–H groups in total. The van der Waals surface area contributed by atoms with Crippen LogP contribution in [0.3, 0.4) is 0 Å². The summed E-state index contributed by atoms with van der Waals surface area (Å²) in [5.41, 5.74) is 3.38. The summed E-state index contributed by atoms with van der Waals surface area (Å²) >= 11 is 0. The first-order chi connectivity index (χ1) is 14.7. The van der Waals surface area contributed by atoms with E-state index < -0.39 is 0 Å². The number of halogens is 2. The highest BCUT2D eigenvalue weighted by Gasteiger charge is 2.28. The zero-order chi connectivity index (χ0) is 20.5. The van der Waals surface area contributed by atoms with E-state index in [9.17, 15) is 9.18 Å². The Bertz CT molecular complexity index is 1090. The van der Waals surface area contributed by atoms with Crippen LogP contribution in [0.4, 0.5) is 4.39 Å². The smallest absolute Gasteiger partial charge is 0.251 e. The molecule has 2 atom stereocenters. The minimum Gasteiger partial charge on any atom is -0.491 e. The molecular formula is C23H24ClFN4O2. The van der Waals surface area contributed by atoms with Crippen LogP contribution in [0.25, 0.3) is 11.3 Å². The van der Waals surface area contributed by atoms with Crippen molar-refractivity contribution in [2.45, 2.75) is 24.9 Å². The van der Waals surface area contributed by atoms with Gasteiger partial charge in [-0.3, -0.25) is 9.48 Å². The molecule has 1 amide bonds. The molecular weight excluding hydrogens is 419 g/mol. The Balaban J connectivity index is 0.00000231. The number of nitrogens with one attached hydrogen (secondary N) is 2. The standard InChI is InChI=1S/C23H23FN4O2.ClH/c24-17-3-1-2-15(12-17)18-6-8-25-14-20(18)27-23(29)16-4-5-19-21-7-9-26-28(21)10-11-30-22(19)13-16;/h1-5,7,9,12-13,18,20,25H,6,8,10-11,14H2,(H,27,29);1H/t18-,20+;/m0./s1. The largest absolute Gasteiger partial charge is 0.491 e. The summed E-state index contributed by atoms with van der Waals surface area (Å²) in [6, 6.07) is 14.0. The number of hydrogen-bond acceptors (Lipinski definition) is 4. The lowest BCUT2D eigenvalue weighted by Crippen LogP contribution is -2.50. The first-order valence-corrected chi connectivity index (χ1v) is 10.2. The zero-order valence-corrected chi connectivity index (χ0v) is 17.7. The molecule has 0 aliphatic carbocycles. The van der Waals surface area contributed by atoms with E-state index >= 15 is 0 Å². The van der Waals surface area contributed by atoms with E-state index in [2.05, 4.69) is 15.7 Å². The van der Waals surface area contributed by atoms with Gasteiger partial charge in [-0.05, 0) is 54.9 Å². The summed E-state index contributed by atoms with van der Waals surface area (Å²) in [4.78, 5) is 13.0. The van der Waals surface area contributed by atoms with E-state index in [0.29, 0.717) is 31.0 Å². The van der Waals surface area contributed by atoms with Gasteiger partial charge in [0, 0.05) is 35.8 Å². The molecule has 2 aliphatic rings. The highest BCUT2D eigenvalue weighted by molar-refractivity contribution is 5.95. The second kappa shape index (κ2) is 9.08. The number of carbonyl (C=O) groups excluding carboxylic acids is 1. The van der Waals surface area contributed by atoms with Crippen LogP contribution in [0.1, 0.15) is 28.3 Å². The molecule has 3 aromatic rings. The van der Waals surface area contributed by atoms with Gasteiger partial charge in [0.1, 0.15) is 18.2 Å². The van der Waals surface area contributed by atoms with Gasteiger partial charge in [0.15, 0.2) is 0 Å². The molecule has 162 valence electrons. The molecule has 2 aromatic carbocycles. The minimum atomic E-state index is -0.252. The third-order valence-corrected chi connectivity index (χ3v) is 5.87. The van der Waals surface area contributed by atoms with Gasteiger partial charge in [0.2, 0.25) is 0 Å². The Hall–Kier alpha value is -2.90. The molecule has 1 aromatic heterocycles. The van der Waals surface area contributed by atoms with Gasteiger partial charge in [0.25, 0.3) is 5.91 Å². The second-order valence-electron chi connectivity index (χ2n) is 7.73. The number of carbonyl (C=O) groups is 1. The van der Waals surface area contributed by atoms with E-state index in [1.807, 2.05) is 28.9 Å². The van der Waals surface area contributed by atoms with Crippen molar-refractivity contribution in [2.24, 2.45) is 0 Å². The van der Waals surface area contributed by atoms with Crippen LogP contribution in [0.5, 0.6) is 5.75 Å². The van der Waals surface area contributed by atoms with Crippen molar-refractivity contribution in [2.75, 3.05) is 19.7 Å². The minimum absolute atomic E-state index is 0. The maximum atomic E-state index is 13.7. The van der Waals surface area contributed by atoms with E-state index in [1.165, 1.54) is 6.07 Å². The van der Waals surface area contributed by atoms with Gasteiger partial charge in [-0.25, -0.2) is 4.39 Å². The van der Waals surface area contributed by atoms with Gasteiger partial charge in [-0.1, -0.05) is 12.1 Å². The molecule has 3 heterocycles. The molecule has 8 heteroatoms. The van der Waals surface area contributed by atoms with Gasteiger partial charge in [0.05, 0.1) is 12.2 Å². The van der Waals surface area contributed by atoms with E-state index in [-0.39, 0.29) is 36.1 Å². The molecule has 0 spiro atoms. The topological polar surface area (TPSA) is 68.2 Å². The number of rotatable bonds is 3. The Morgan fingerprint density at radius 1 is 1.23 bits per heavy atom. The van der Waals surface area contributed by atoms with Crippen molar-refractivity contribution in [3.8, 4) is 17.0 Å². The number of benzene rings is 2. The third kappa shape index (κ3) is 4.29. The average molecular weight is 443 g/mol. The second-order valence-corrected chi connectivity index (χ2v) is 7.73. The summed E-state index contributed by atoms with van der Waals surface area (Å²) in [6.45, 7) is 2.66. The fourth-order valence-corrected chi connectivity index (χ4v) is 4.37. The van der Waals surface area contributed by atoms with Gasteiger partial charge in [-0.15, -0.1) is 12.4 Å². The fourth-order valence-electron chi connectivity index (χ4n) is 4.37. The number of fused-ring (bicyclic) bond motifs is 3. The molecule has 5 rings (SSSR count). The number of amides is 1. The van der Waals surface area contributed by atoms with Gasteiger partial charge < -0.3 is 15.4 Å². The van der Waals surface area contributed by atoms with Crippen LogP contribution in [-0.4, -0.2) is 41.4 Å². The number of aromatic nitrogens is 2. The normalized spacial score (nSPS) is 19.8. The molecule has 31 heavy (non-hydrogen) atoms. The van der Waals surface area contributed by atoms with Crippen LogP contribution < -0.4 is 15.4 Å². The number of ether oxygens (including phenoxy) is 1. The third-order valence-electron chi connectivity index (χ3n) is 5.87. The van der Waals surface area contributed by atoms with Gasteiger partial charge >= 0.3 is 0 Å². The fraction of sp³-hybridized carbons (Fsp3) is 0.304. The highest BCUT2D eigenvalue weighted by atomic mass is 35.5. The predicted molar refractivity (Wildman–Crippen MR) is 118 cm³/mol. The van der Waals surface area contributed by atoms with Gasteiger partial charge in [-0.2, -0.15) is 5.10 Å². The SMILES string of the molecule is Cl.O=C(N[C@@H]1CNCC[C@H]1c1cccc(F)c1)c1ccc2c(c1)OCCn1nccc1-2. The quantitative estimate of drug-likeness (QED) is 0.652. The van der Waals surface area contributed by atoms with Crippen LogP contribution in [0, 0.1) is 5.82 Å². The van der Waals surface area contributed by atoms with Crippen molar-refractivity contribution in [1.29, 1.82) is 0 Å². The highest BCUT2D eigenvalue weighted by Crippen LogP contribution is 2.33. The predicted octanol–water partition coefficient (Wildman–Crippen LogP) is 3.38. The van der Waals surface area contributed by atoms with Crippen molar-refractivity contribution in [3.63, 3.8) is 0 Å².